The number of rotatable bonds is 7. The number of fused-ring (bicyclic) bond motifs is 1. The van der Waals surface area contributed by atoms with Crippen LogP contribution in [0.4, 0.5) is 5.95 Å². The third kappa shape index (κ3) is 4.71. The Hall–Kier alpha value is -2.08. The normalized spacial score (nSPS) is 22.0. The second-order valence-corrected chi connectivity index (χ2v) is 12.2. The van der Waals surface area contributed by atoms with Crippen molar-refractivity contribution in [2.24, 2.45) is 5.92 Å². The zero-order chi connectivity index (χ0) is 23.9. The molecule has 34 heavy (non-hydrogen) atoms. The van der Waals surface area contributed by atoms with E-state index in [1.807, 2.05) is 18.7 Å². The van der Waals surface area contributed by atoms with Gasteiger partial charge in [-0.2, -0.15) is 22.0 Å². The molecule has 0 amide bonds. The summed E-state index contributed by atoms with van der Waals surface area (Å²) in [5, 5.41) is 4.25. The van der Waals surface area contributed by atoms with Crippen LogP contribution in [0.1, 0.15) is 44.6 Å². The molecule has 11 heteroatoms. The lowest BCUT2D eigenvalue weighted by atomic mass is 10.0. The molecule has 1 aliphatic carbocycles. The molecule has 3 fully saturated rings. The van der Waals surface area contributed by atoms with Gasteiger partial charge in [0.2, 0.25) is 5.95 Å². The first kappa shape index (κ1) is 23.7. The summed E-state index contributed by atoms with van der Waals surface area (Å²) in [6.07, 6.45) is 7.44. The van der Waals surface area contributed by atoms with E-state index < -0.39 is 10.2 Å². The van der Waals surface area contributed by atoms with Crippen LogP contribution in [0, 0.1) is 5.92 Å². The molecule has 0 unspecified atom stereocenters. The fraction of sp³-hybridized carbons (Fsp3) is 0.696. The van der Waals surface area contributed by atoms with Crippen LogP contribution in [0.5, 0.6) is 0 Å². The average Bonchev–Trinajstić information content (AvgIpc) is 3.30. The molecule has 0 radical (unpaired) electrons. The molecule has 2 aliphatic heterocycles. The van der Waals surface area contributed by atoms with Gasteiger partial charge in [-0.3, -0.25) is 9.36 Å². The molecular weight excluding hydrogens is 454 g/mol. The number of hydrogen-bond acceptors (Lipinski definition) is 7. The Morgan fingerprint density at radius 2 is 1.76 bits per heavy atom. The summed E-state index contributed by atoms with van der Waals surface area (Å²) in [7, 11) is 0.644. The third-order valence-corrected chi connectivity index (χ3v) is 9.31. The second-order valence-electron chi connectivity index (χ2n) is 10.2. The molecule has 0 bridgehead atoms. The van der Waals surface area contributed by atoms with Crippen LogP contribution >= 0.6 is 0 Å². The molecule has 0 atom stereocenters. The van der Waals surface area contributed by atoms with Crippen LogP contribution in [-0.4, -0.2) is 89.3 Å². The average molecular weight is 490 g/mol. The van der Waals surface area contributed by atoms with Gasteiger partial charge in [0.1, 0.15) is 5.65 Å². The highest BCUT2D eigenvalue weighted by Gasteiger charge is 2.40. The Kier molecular flexibility index (Phi) is 6.62. The largest absolute Gasteiger partial charge is 0.351 e. The van der Waals surface area contributed by atoms with Gasteiger partial charge in [0.25, 0.3) is 15.8 Å². The molecule has 5 rings (SSSR count). The first-order valence-corrected chi connectivity index (χ1v) is 13.8. The molecular formula is C23H35N7O3S. The van der Waals surface area contributed by atoms with Crippen molar-refractivity contribution < 1.29 is 8.42 Å². The van der Waals surface area contributed by atoms with E-state index in [4.69, 9.17) is 4.98 Å². The van der Waals surface area contributed by atoms with Crippen LogP contribution in [0.15, 0.2) is 23.1 Å². The fourth-order valence-corrected chi connectivity index (χ4v) is 7.34. The number of hydrogen-bond donors (Lipinski definition) is 1. The number of nitrogens with zero attached hydrogens (tertiary/aromatic N) is 6. The Labute approximate surface area is 201 Å². The zero-order valence-corrected chi connectivity index (χ0v) is 20.9. The summed E-state index contributed by atoms with van der Waals surface area (Å²) < 4.78 is 31.0. The van der Waals surface area contributed by atoms with Gasteiger partial charge in [-0.05, 0) is 51.8 Å². The molecule has 2 aromatic rings. The second kappa shape index (κ2) is 9.52. The quantitative estimate of drug-likeness (QED) is 0.629. The highest BCUT2D eigenvalue weighted by Crippen LogP contribution is 2.30. The lowest BCUT2D eigenvalue weighted by Gasteiger charge is -2.43. The molecule has 2 aromatic heterocycles. The lowest BCUT2D eigenvalue weighted by molar-refractivity contribution is 0.148. The van der Waals surface area contributed by atoms with Crippen molar-refractivity contribution in [3.63, 3.8) is 0 Å². The number of aromatic nitrogens is 3. The summed E-state index contributed by atoms with van der Waals surface area (Å²) in [5.41, 5.74) is 0.670. The van der Waals surface area contributed by atoms with Gasteiger partial charge in [-0.25, -0.2) is 4.98 Å². The molecule has 10 nitrogen and oxygen atoms in total. The standard InChI is InChI=1S/C23H35N7O3S/c1-27(2)14-17-15-29(16-17)34(32,33)28-11-9-19(10-12-28)25-23-24-13-18-7-8-21(31)30(22(18)26-23)20-5-3-4-6-20/h7-8,13,17,19-20H,3-6,9-12,14-16H2,1-2H3,(H,24,25,26). The van der Waals surface area contributed by atoms with Crippen LogP contribution in [0.25, 0.3) is 11.0 Å². The maximum atomic E-state index is 13.0. The number of nitrogens with one attached hydrogen (secondary N) is 1. The van der Waals surface area contributed by atoms with E-state index in [0.29, 0.717) is 56.5 Å². The highest BCUT2D eigenvalue weighted by atomic mass is 32.2. The minimum atomic E-state index is -3.39. The monoisotopic (exact) mass is 489 g/mol. The molecule has 186 valence electrons. The van der Waals surface area contributed by atoms with E-state index in [9.17, 15) is 13.2 Å². The predicted molar refractivity (Wildman–Crippen MR) is 132 cm³/mol. The van der Waals surface area contributed by atoms with Crippen molar-refractivity contribution in [3.05, 3.63) is 28.7 Å². The third-order valence-electron chi connectivity index (χ3n) is 7.34. The lowest BCUT2D eigenvalue weighted by Crippen LogP contribution is -2.58. The predicted octanol–water partition coefficient (Wildman–Crippen LogP) is 1.52. The smallest absolute Gasteiger partial charge is 0.281 e. The van der Waals surface area contributed by atoms with Crippen molar-refractivity contribution in [1.29, 1.82) is 0 Å². The zero-order valence-electron chi connectivity index (χ0n) is 20.1. The van der Waals surface area contributed by atoms with E-state index in [0.717, 1.165) is 37.6 Å². The van der Waals surface area contributed by atoms with Gasteiger partial charge >= 0.3 is 0 Å². The van der Waals surface area contributed by atoms with Crippen molar-refractivity contribution in [3.8, 4) is 0 Å². The first-order valence-electron chi connectivity index (χ1n) is 12.4. The Bertz CT molecular complexity index is 1180. The van der Waals surface area contributed by atoms with Crippen molar-refractivity contribution in [2.45, 2.75) is 50.6 Å². The fourth-order valence-electron chi connectivity index (χ4n) is 5.54. The number of anilines is 1. The highest BCUT2D eigenvalue weighted by molar-refractivity contribution is 7.86. The summed E-state index contributed by atoms with van der Waals surface area (Å²) >= 11 is 0. The van der Waals surface area contributed by atoms with Crippen LogP contribution in [0.2, 0.25) is 0 Å². The number of pyridine rings is 1. The summed E-state index contributed by atoms with van der Waals surface area (Å²) in [6, 6.07) is 3.69. The van der Waals surface area contributed by atoms with Gasteiger partial charge < -0.3 is 10.2 Å². The van der Waals surface area contributed by atoms with Gasteiger partial charge in [0.05, 0.1) is 0 Å². The first-order chi connectivity index (χ1) is 16.3. The minimum absolute atomic E-state index is 0.0126. The van der Waals surface area contributed by atoms with Crippen molar-refractivity contribution in [1.82, 2.24) is 28.0 Å². The topological polar surface area (TPSA) is 104 Å². The van der Waals surface area contributed by atoms with Gasteiger partial charge in [-0.1, -0.05) is 12.8 Å². The van der Waals surface area contributed by atoms with E-state index in [1.165, 1.54) is 0 Å². The summed E-state index contributed by atoms with van der Waals surface area (Å²) in [4.78, 5) is 23.9. The van der Waals surface area contributed by atoms with E-state index in [1.54, 1.807) is 26.9 Å². The molecule has 1 N–H and O–H groups in total. The molecule has 2 saturated heterocycles. The van der Waals surface area contributed by atoms with E-state index >= 15 is 0 Å². The SMILES string of the molecule is CN(C)CC1CN(S(=O)(=O)N2CCC(Nc3ncc4ccc(=O)n(C5CCCC5)c4n3)CC2)C1. The van der Waals surface area contributed by atoms with Gasteiger partial charge in [-0.15, -0.1) is 0 Å². The van der Waals surface area contributed by atoms with Gasteiger partial charge in [0.15, 0.2) is 0 Å². The van der Waals surface area contributed by atoms with E-state index in [2.05, 4.69) is 15.2 Å². The maximum Gasteiger partial charge on any atom is 0.281 e. The Morgan fingerprint density at radius 3 is 2.44 bits per heavy atom. The summed E-state index contributed by atoms with van der Waals surface area (Å²) in [5.74, 6) is 0.913. The van der Waals surface area contributed by atoms with Crippen LogP contribution < -0.4 is 10.9 Å². The Morgan fingerprint density at radius 1 is 1.06 bits per heavy atom. The molecule has 1 saturated carbocycles. The van der Waals surface area contributed by atoms with Gasteiger partial charge in [0, 0.05) is 62.5 Å². The van der Waals surface area contributed by atoms with Crippen LogP contribution in [-0.2, 0) is 10.2 Å². The van der Waals surface area contributed by atoms with E-state index in [-0.39, 0.29) is 17.6 Å². The molecule has 4 heterocycles. The van der Waals surface area contributed by atoms with Crippen LogP contribution in [0.3, 0.4) is 0 Å². The molecule has 0 spiro atoms. The van der Waals surface area contributed by atoms with Crippen molar-refractivity contribution >= 4 is 27.2 Å². The summed E-state index contributed by atoms with van der Waals surface area (Å²) in [6.45, 7) is 3.08. The molecule has 3 aliphatic rings. The minimum Gasteiger partial charge on any atom is -0.351 e. The Balaban J connectivity index is 1.22. The molecule has 0 aromatic carbocycles. The maximum absolute atomic E-state index is 13.0. The van der Waals surface area contributed by atoms with Crippen molar-refractivity contribution in [2.75, 3.05) is 52.1 Å². The number of piperidine rings is 1.